The van der Waals surface area contributed by atoms with E-state index in [9.17, 15) is 0 Å². The number of benzene rings is 2. The van der Waals surface area contributed by atoms with Gasteiger partial charge in [0, 0.05) is 17.3 Å². The summed E-state index contributed by atoms with van der Waals surface area (Å²) in [5, 5.41) is 3.27. The van der Waals surface area contributed by atoms with Gasteiger partial charge in [0.2, 0.25) is 0 Å². The van der Waals surface area contributed by atoms with E-state index < -0.39 is 0 Å². The van der Waals surface area contributed by atoms with Crippen LogP contribution in [0.3, 0.4) is 0 Å². The highest BCUT2D eigenvalue weighted by Gasteiger charge is 2.35. The fourth-order valence-corrected chi connectivity index (χ4v) is 2.94. The van der Waals surface area contributed by atoms with Crippen molar-refractivity contribution in [2.75, 3.05) is 5.32 Å². The monoisotopic (exact) mass is 287 g/mol. The number of hydrogen-bond donors (Lipinski definition) is 1. The van der Waals surface area contributed by atoms with Gasteiger partial charge in [0.25, 0.3) is 0 Å². The normalized spacial score (nSPS) is 17.9. The Morgan fingerprint density at radius 2 is 1.64 bits per heavy atom. The van der Waals surface area contributed by atoms with Crippen LogP contribution in [0.4, 0.5) is 5.69 Å². The minimum absolute atomic E-state index is 0.00310. The fraction of sp³-hybridized carbons (Fsp3) is 0.143. The zero-order valence-corrected chi connectivity index (χ0v) is 13.1. The highest BCUT2D eigenvalue weighted by molar-refractivity contribution is 5.89. The molecular formula is C21H21N. The van der Waals surface area contributed by atoms with Crippen molar-refractivity contribution in [2.45, 2.75) is 19.3 Å². The Morgan fingerprint density at radius 3 is 2.41 bits per heavy atom. The molecule has 0 bridgehead atoms. The predicted molar refractivity (Wildman–Crippen MR) is 95.8 cm³/mol. The SMILES string of the molecule is C=C1/C(=C\C=C\Nc2ccccc2)c2ccccc2C1(C)C. The predicted octanol–water partition coefficient (Wildman–Crippen LogP) is 5.54. The van der Waals surface area contributed by atoms with Crippen LogP contribution in [-0.4, -0.2) is 0 Å². The van der Waals surface area contributed by atoms with Crippen LogP contribution in [0.5, 0.6) is 0 Å². The van der Waals surface area contributed by atoms with Gasteiger partial charge in [0.1, 0.15) is 0 Å². The van der Waals surface area contributed by atoms with E-state index in [0.717, 1.165) is 5.69 Å². The number of nitrogens with one attached hydrogen (secondary N) is 1. The Kier molecular flexibility index (Phi) is 3.72. The van der Waals surface area contributed by atoms with E-state index in [4.69, 9.17) is 0 Å². The van der Waals surface area contributed by atoms with E-state index in [1.807, 2.05) is 42.6 Å². The van der Waals surface area contributed by atoms with Crippen LogP contribution in [0.2, 0.25) is 0 Å². The molecule has 1 nitrogen and oxygen atoms in total. The second-order valence-corrected chi connectivity index (χ2v) is 6.10. The third-order valence-electron chi connectivity index (χ3n) is 4.35. The zero-order valence-electron chi connectivity index (χ0n) is 13.1. The largest absolute Gasteiger partial charge is 0.362 e. The van der Waals surface area contributed by atoms with Crippen molar-refractivity contribution in [2.24, 2.45) is 0 Å². The summed E-state index contributed by atoms with van der Waals surface area (Å²) >= 11 is 0. The van der Waals surface area contributed by atoms with Crippen molar-refractivity contribution < 1.29 is 0 Å². The number of hydrogen-bond acceptors (Lipinski definition) is 1. The topological polar surface area (TPSA) is 12.0 Å². The van der Waals surface area contributed by atoms with Gasteiger partial charge in [0.05, 0.1) is 0 Å². The second kappa shape index (κ2) is 5.69. The molecule has 0 heterocycles. The summed E-state index contributed by atoms with van der Waals surface area (Å²) in [5.74, 6) is 0. The highest BCUT2D eigenvalue weighted by Crippen LogP contribution is 2.48. The Labute approximate surface area is 132 Å². The third-order valence-corrected chi connectivity index (χ3v) is 4.35. The molecule has 0 fully saturated rings. The Hall–Kier alpha value is -2.54. The smallest absolute Gasteiger partial charge is 0.0379 e. The average Bonchev–Trinajstić information content (AvgIpc) is 2.73. The van der Waals surface area contributed by atoms with Gasteiger partial charge < -0.3 is 5.32 Å². The first kappa shape index (κ1) is 14.4. The highest BCUT2D eigenvalue weighted by atomic mass is 14.8. The number of anilines is 1. The lowest BCUT2D eigenvalue weighted by atomic mass is 9.83. The van der Waals surface area contributed by atoms with Crippen molar-refractivity contribution in [3.63, 3.8) is 0 Å². The van der Waals surface area contributed by atoms with E-state index in [1.165, 1.54) is 22.3 Å². The third kappa shape index (κ3) is 2.50. The summed E-state index contributed by atoms with van der Waals surface area (Å²) in [6, 6.07) is 18.7. The molecule has 22 heavy (non-hydrogen) atoms. The van der Waals surface area contributed by atoms with E-state index in [1.54, 1.807) is 0 Å². The van der Waals surface area contributed by atoms with Gasteiger partial charge in [-0.25, -0.2) is 0 Å². The Morgan fingerprint density at radius 1 is 0.955 bits per heavy atom. The molecule has 0 radical (unpaired) electrons. The van der Waals surface area contributed by atoms with E-state index in [2.05, 4.69) is 56.1 Å². The first-order valence-electron chi connectivity index (χ1n) is 7.59. The van der Waals surface area contributed by atoms with Crippen molar-refractivity contribution in [3.05, 3.63) is 96.2 Å². The number of para-hydroxylation sites is 1. The summed E-state index contributed by atoms with van der Waals surface area (Å²) in [5.41, 5.74) is 6.15. The van der Waals surface area contributed by atoms with Gasteiger partial charge in [-0.05, 0) is 40.5 Å². The van der Waals surface area contributed by atoms with Crippen molar-refractivity contribution >= 4 is 11.3 Å². The fourth-order valence-electron chi connectivity index (χ4n) is 2.94. The molecule has 1 N–H and O–H groups in total. The Bertz CT molecular complexity index is 748. The van der Waals surface area contributed by atoms with E-state index in [-0.39, 0.29) is 5.41 Å². The second-order valence-electron chi connectivity index (χ2n) is 6.10. The minimum Gasteiger partial charge on any atom is -0.362 e. The molecule has 0 saturated heterocycles. The maximum atomic E-state index is 4.32. The number of fused-ring (bicyclic) bond motifs is 1. The first-order chi connectivity index (χ1) is 10.6. The summed E-state index contributed by atoms with van der Waals surface area (Å²) in [6.45, 7) is 8.79. The van der Waals surface area contributed by atoms with Gasteiger partial charge in [-0.15, -0.1) is 0 Å². The molecule has 0 unspecified atom stereocenters. The lowest BCUT2D eigenvalue weighted by Gasteiger charge is -2.20. The quantitative estimate of drug-likeness (QED) is 0.781. The molecular weight excluding hydrogens is 266 g/mol. The molecule has 110 valence electrons. The van der Waals surface area contributed by atoms with Gasteiger partial charge in [-0.1, -0.05) is 69.0 Å². The van der Waals surface area contributed by atoms with E-state index in [0.29, 0.717) is 0 Å². The van der Waals surface area contributed by atoms with Crippen LogP contribution in [-0.2, 0) is 5.41 Å². The van der Waals surface area contributed by atoms with Gasteiger partial charge >= 0.3 is 0 Å². The van der Waals surface area contributed by atoms with Crippen LogP contribution in [0.1, 0.15) is 25.0 Å². The molecule has 3 rings (SSSR count). The van der Waals surface area contributed by atoms with Gasteiger partial charge in [0.15, 0.2) is 0 Å². The Balaban J connectivity index is 1.84. The lowest BCUT2D eigenvalue weighted by molar-refractivity contribution is 0.663. The zero-order chi connectivity index (χ0) is 15.6. The lowest BCUT2D eigenvalue weighted by Crippen LogP contribution is -2.13. The molecule has 1 aliphatic rings. The van der Waals surface area contributed by atoms with Crippen molar-refractivity contribution in [1.29, 1.82) is 0 Å². The summed E-state index contributed by atoms with van der Waals surface area (Å²) in [6.07, 6.45) is 6.15. The molecule has 0 spiro atoms. The van der Waals surface area contributed by atoms with Crippen molar-refractivity contribution in [1.82, 2.24) is 0 Å². The number of rotatable bonds is 3. The van der Waals surface area contributed by atoms with Crippen LogP contribution in [0.15, 0.2) is 85.1 Å². The standard InChI is InChI=1S/C21H21N/c1-16-18(13-9-15-22-17-10-5-4-6-11-17)19-12-7-8-14-20(19)21(16,2)3/h4-15,22H,1H2,2-3H3/b15-9+,18-13+. The van der Waals surface area contributed by atoms with Crippen LogP contribution < -0.4 is 5.32 Å². The number of allylic oxidation sites excluding steroid dienone is 4. The molecule has 0 aliphatic heterocycles. The van der Waals surface area contributed by atoms with Gasteiger partial charge in [-0.2, -0.15) is 0 Å². The van der Waals surface area contributed by atoms with Crippen LogP contribution in [0.25, 0.3) is 5.57 Å². The molecule has 2 aromatic rings. The van der Waals surface area contributed by atoms with Crippen LogP contribution >= 0.6 is 0 Å². The summed E-state index contributed by atoms with van der Waals surface area (Å²) < 4.78 is 0. The van der Waals surface area contributed by atoms with Crippen LogP contribution in [0, 0.1) is 0 Å². The molecule has 0 aromatic heterocycles. The van der Waals surface area contributed by atoms with Gasteiger partial charge in [-0.3, -0.25) is 0 Å². The molecule has 1 aliphatic carbocycles. The average molecular weight is 287 g/mol. The minimum atomic E-state index is 0.00310. The molecule has 0 amide bonds. The molecule has 0 saturated carbocycles. The molecule has 2 aromatic carbocycles. The summed E-state index contributed by atoms with van der Waals surface area (Å²) in [7, 11) is 0. The maximum Gasteiger partial charge on any atom is 0.0379 e. The first-order valence-corrected chi connectivity index (χ1v) is 7.59. The maximum absolute atomic E-state index is 4.32. The summed E-state index contributed by atoms with van der Waals surface area (Å²) in [4.78, 5) is 0. The van der Waals surface area contributed by atoms with Crippen molar-refractivity contribution in [3.8, 4) is 0 Å². The molecule has 1 heteroatoms. The van der Waals surface area contributed by atoms with E-state index >= 15 is 0 Å². The molecule has 0 atom stereocenters.